The smallest absolute Gasteiger partial charge is 0.141 e. The van der Waals surface area contributed by atoms with Gasteiger partial charge in [0.25, 0.3) is 0 Å². The summed E-state index contributed by atoms with van der Waals surface area (Å²) in [6.07, 6.45) is 8.24. The van der Waals surface area contributed by atoms with Crippen molar-refractivity contribution in [1.82, 2.24) is 4.98 Å². The summed E-state index contributed by atoms with van der Waals surface area (Å²) >= 11 is 1.64. The number of aromatic nitrogens is 1. The van der Waals surface area contributed by atoms with Gasteiger partial charge in [-0.05, 0) is 48.2 Å². The lowest BCUT2D eigenvalue weighted by atomic mass is 9.97. The molecule has 0 N–H and O–H groups in total. The number of nitrogens with zero attached hydrogens (tertiary/aromatic N) is 1. The molecule has 26 heavy (non-hydrogen) atoms. The molecular formula is C23H20FNS. The molecule has 1 aliphatic carbocycles. The average Bonchev–Trinajstić information content (AvgIpc) is 3.29. The van der Waals surface area contributed by atoms with E-state index in [1.165, 1.54) is 31.2 Å². The molecule has 0 saturated heterocycles. The highest BCUT2D eigenvalue weighted by atomic mass is 32.1. The molecule has 2 aromatic heterocycles. The Labute approximate surface area is 156 Å². The number of pyridine rings is 1. The Kier molecular flexibility index (Phi) is 3.97. The largest absolute Gasteiger partial charge is 0.256 e. The summed E-state index contributed by atoms with van der Waals surface area (Å²) in [5.74, 6) is 0.629. The van der Waals surface area contributed by atoms with Crippen molar-refractivity contribution in [1.29, 1.82) is 0 Å². The molecule has 5 rings (SSSR count). The zero-order valence-corrected chi connectivity index (χ0v) is 15.4. The van der Waals surface area contributed by atoms with E-state index in [2.05, 4.69) is 23.2 Å². The predicted molar refractivity (Wildman–Crippen MR) is 108 cm³/mol. The van der Waals surface area contributed by atoms with Crippen LogP contribution < -0.4 is 0 Å². The van der Waals surface area contributed by atoms with Crippen LogP contribution in [0.15, 0.2) is 54.7 Å². The Bertz CT molecular complexity index is 1090. The van der Waals surface area contributed by atoms with Crippen LogP contribution in [0.3, 0.4) is 0 Å². The number of hydrogen-bond donors (Lipinski definition) is 0. The number of fused-ring (bicyclic) bond motifs is 3. The molecule has 4 aromatic rings. The third kappa shape index (κ3) is 2.71. The van der Waals surface area contributed by atoms with Gasteiger partial charge < -0.3 is 0 Å². The molecule has 0 aliphatic heterocycles. The maximum Gasteiger partial charge on any atom is 0.141 e. The highest BCUT2D eigenvalue weighted by Crippen LogP contribution is 2.38. The maximum atomic E-state index is 15.4. The molecule has 0 radical (unpaired) electrons. The number of thiophene rings is 1. The van der Waals surface area contributed by atoms with Crippen LogP contribution >= 0.6 is 11.3 Å². The van der Waals surface area contributed by atoms with E-state index in [1.807, 2.05) is 36.5 Å². The Morgan fingerprint density at radius 1 is 1.00 bits per heavy atom. The van der Waals surface area contributed by atoms with E-state index in [9.17, 15) is 0 Å². The molecule has 1 fully saturated rings. The van der Waals surface area contributed by atoms with Crippen LogP contribution in [0.2, 0.25) is 0 Å². The quantitative estimate of drug-likeness (QED) is 0.383. The van der Waals surface area contributed by atoms with Gasteiger partial charge in [0.15, 0.2) is 0 Å². The van der Waals surface area contributed by atoms with Crippen molar-refractivity contribution in [2.24, 2.45) is 5.92 Å². The summed E-state index contributed by atoms with van der Waals surface area (Å²) in [5.41, 5.74) is 2.63. The standard InChI is InChI=1S/C23H20FNS/c24-23-17(9-10-21-22(23)18-7-3-4-8-20(18)26-21)19-14-16(11-12-25-19)13-15-5-1-2-6-15/h3-4,7-12,14-15H,1-2,5-6,13H2. The number of halogens is 1. The highest BCUT2D eigenvalue weighted by molar-refractivity contribution is 7.25. The average molecular weight is 361 g/mol. The van der Waals surface area contributed by atoms with Crippen molar-refractivity contribution in [2.45, 2.75) is 32.1 Å². The van der Waals surface area contributed by atoms with E-state index < -0.39 is 0 Å². The van der Waals surface area contributed by atoms with Crippen LogP contribution in [-0.2, 0) is 6.42 Å². The van der Waals surface area contributed by atoms with E-state index in [0.717, 1.165) is 38.2 Å². The zero-order chi connectivity index (χ0) is 17.5. The van der Waals surface area contributed by atoms with E-state index >= 15 is 4.39 Å². The van der Waals surface area contributed by atoms with E-state index in [0.29, 0.717) is 5.56 Å². The summed E-state index contributed by atoms with van der Waals surface area (Å²) < 4.78 is 17.5. The molecule has 0 amide bonds. The molecule has 2 aromatic carbocycles. The monoisotopic (exact) mass is 361 g/mol. The van der Waals surface area contributed by atoms with Gasteiger partial charge in [0, 0.05) is 31.9 Å². The fraction of sp³-hybridized carbons (Fsp3) is 0.261. The molecule has 0 atom stereocenters. The minimum atomic E-state index is -0.148. The van der Waals surface area contributed by atoms with Gasteiger partial charge in [0.05, 0.1) is 5.69 Å². The molecule has 2 heterocycles. The van der Waals surface area contributed by atoms with Gasteiger partial charge in [-0.2, -0.15) is 0 Å². The summed E-state index contributed by atoms with van der Waals surface area (Å²) in [5, 5.41) is 1.72. The fourth-order valence-corrected chi connectivity index (χ4v) is 5.37. The Hall–Kier alpha value is -2.26. The number of hydrogen-bond acceptors (Lipinski definition) is 2. The van der Waals surface area contributed by atoms with Crippen LogP contribution in [0.25, 0.3) is 31.4 Å². The first-order valence-corrected chi connectivity index (χ1v) is 10.2. The third-order valence-electron chi connectivity index (χ3n) is 5.58. The van der Waals surface area contributed by atoms with Crippen molar-refractivity contribution in [3.05, 3.63) is 66.1 Å². The number of benzene rings is 2. The minimum absolute atomic E-state index is 0.148. The lowest BCUT2D eigenvalue weighted by Gasteiger charge is -2.10. The van der Waals surface area contributed by atoms with Gasteiger partial charge in [-0.1, -0.05) is 43.9 Å². The maximum absolute atomic E-state index is 15.4. The van der Waals surface area contributed by atoms with Gasteiger partial charge in [-0.25, -0.2) is 4.39 Å². The topological polar surface area (TPSA) is 12.9 Å². The van der Waals surface area contributed by atoms with E-state index in [1.54, 1.807) is 11.3 Å². The molecule has 0 unspecified atom stereocenters. The molecule has 1 nitrogen and oxygen atoms in total. The van der Waals surface area contributed by atoms with Gasteiger partial charge in [-0.15, -0.1) is 11.3 Å². The van der Waals surface area contributed by atoms with Crippen molar-refractivity contribution in [2.75, 3.05) is 0 Å². The lowest BCUT2D eigenvalue weighted by molar-refractivity contribution is 0.546. The SMILES string of the molecule is Fc1c(-c2cc(CC3CCCC3)ccn2)ccc2sc3ccccc3c12. The van der Waals surface area contributed by atoms with Gasteiger partial charge in [-0.3, -0.25) is 4.98 Å². The summed E-state index contributed by atoms with van der Waals surface area (Å²) in [6.45, 7) is 0. The van der Waals surface area contributed by atoms with Gasteiger partial charge >= 0.3 is 0 Å². The molecule has 0 bridgehead atoms. The first-order chi connectivity index (χ1) is 12.8. The van der Waals surface area contributed by atoms with Gasteiger partial charge in [0.2, 0.25) is 0 Å². The van der Waals surface area contributed by atoms with Crippen molar-refractivity contribution in [3.63, 3.8) is 0 Å². The van der Waals surface area contributed by atoms with Gasteiger partial charge in [0.1, 0.15) is 5.82 Å². The summed E-state index contributed by atoms with van der Waals surface area (Å²) in [7, 11) is 0. The molecule has 0 spiro atoms. The van der Waals surface area contributed by atoms with Crippen molar-refractivity contribution in [3.8, 4) is 11.3 Å². The van der Waals surface area contributed by atoms with Crippen molar-refractivity contribution < 1.29 is 4.39 Å². The normalized spacial score (nSPS) is 15.3. The van der Waals surface area contributed by atoms with Crippen LogP contribution in [-0.4, -0.2) is 4.98 Å². The zero-order valence-electron chi connectivity index (χ0n) is 14.5. The molecular weight excluding hydrogens is 341 g/mol. The van der Waals surface area contributed by atoms with Crippen LogP contribution in [0.4, 0.5) is 4.39 Å². The van der Waals surface area contributed by atoms with E-state index in [4.69, 9.17) is 0 Å². The summed E-state index contributed by atoms with van der Waals surface area (Å²) in [4.78, 5) is 4.48. The lowest BCUT2D eigenvalue weighted by Crippen LogP contribution is -1.99. The predicted octanol–water partition coefficient (Wildman–Crippen LogP) is 6.99. The molecule has 130 valence electrons. The molecule has 1 aliphatic rings. The Morgan fingerprint density at radius 3 is 2.73 bits per heavy atom. The van der Waals surface area contributed by atoms with Crippen molar-refractivity contribution >= 4 is 31.5 Å². The highest BCUT2D eigenvalue weighted by Gasteiger charge is 2.18. The third-order valence-corrected chi connectivity index (χ3v) is 6.72. The fourth-order valence-electron chi connectivity index (χ4n) is 4.27. The second-order valence-corrected chi connectivity index (χ2v) is 8.39. The van der Waals surface area contributed by atoms with Crippen LogP contribution in [0.5, 0.6) is 0 Å². The number of rotatable bonds is 3. The summed E-state index contributed by atoms with van der Waals surface area (Å²) in [6, 6.07) is 16.1. The Morgan fingerprint density at radius 2 is 1.85 bits per heavy atom. The second kappa shape index (κ2) is 6.48. The molecule has 3 heteroatoms. The van der Waals surface area contributed by atoms with E-state index in [-0.39, 0.29) is 5.82 Å². The minimum Gasteiger partial charge on any atom is -0.256 e. The second-order valence-electron chi connectivity index (χ2n) is 7.30. The van der Waals surface area contributed by atoms with Crippen LogP contribution in [0, 0.1) is 11.7 Å². The van der Waals surface area contributed by atoms with Crippen LogP contribution in [0.1, 0.15) is 31.2 Å². The first kappa shape index (κ1) is 16.0. The first-order valence-electron chi connectivity index (χ1n) is 9.34. The molecule has 1 saturated carbocycles. The Balaban J connectivity index is 1.60.